The Morgan fingerprint density at radius 1 is 0.679 bits per heavy atom. The van der Waals surface area contributed by atoms with Crippen LogP contribution >= 0.6 is 0 Å². The molecule has 0 heterocycles. The second kappa shape index (κ2) is 15.7. The molecular weight excluding hydrogens is 352 g/mol. The lowest BCUT2D eigenvalue weighted by atomic mass is 10.1. The Kier molecular flexibility index (Phi) is 13.3. The average Bonchev–Trinajstić information content (AvgIpc) is 2.72. The number of hydrogen-bond donors (Lipinski definition) is 0. The molecule has 0 saturated heterocycles. The maximum atomic E-state index is 12.0. The van der Waals surface area contributed by atoms with E-state index in [1.165, 1.54) is 25.7 Å². The molecular formula is C24H34O4. The van der Waals surface area contributed by atoms with Crippen molar-refractivity contribution in [1.82, 2.24) is 0 Å². The summed E-state index contributed by atoms with van der Waals surface area (Å²) < 4.78 is 10.4. The van der Waals surface area contributed by atoms with Crippen LogP contribution in [0.4, 0.5) is 0 Å². The Bertz CT molecular complexity index is 559. The standard InChI is InChI=1S/C24H34O4/c1-3-5-7-9-11-13-19-27-23(25)21-15-17-22(18-16-21)24(26)28-20-14-12-10-8-6-4-2/h11-18H,3-10,19-20H2,1-2H3. The predicted molar refractivity (Wildman–Crippen MR) is 114 cm³/mol. The van der Waals surface area contributed by atoms with Crippen molar-refractivity contribution in [3.63, 3.8) is 0 Å². The van der Waals surface area contributed by atoms with Crippen molar-refractivity contribution in [3.05, 3.63) is 59.7 Å². The van der Waals surface area contributed by atoms with Gasteiger partial charge in [0.2, 0.25) is 0 Å². The summed E-state index contributed by atoms with van der Waals surface area (Å²) in [4.78, 5) is 24.0. The van der Waals surface area contributed by atoms with Crippen molar-refractivity contribution >= 4 is 11.9 Å². The first-order chi connectivity index (χ1) is 13.7. The summed E-state index contributed by atoms with van der Waals surface area (Å²) in [6.07, 6.45) is 17.0. The maximum Gasteiger partial charge on any atom is 0.338 e. The Morgan fingerprint density at radius 3 is 1.43 bits per heavy atom. The first kappa shape index (κ1) is 23.7. The molecule has 0 aliphatic rings. The van der Waals surface area contributed by atoms with Gasteiger partial charge in [0.25, 0.3) is 0 Å². The van der Waals surface area contributed by atoms with E-state index < -0.39 is 11.9 Å². The lowest BCUT2D eigenvalue weighted by Crippen LogP contribution is -2.08. The van der Waals surface area contributed by atoms with E-state index in [2.05, 4.69) is 13.8 Å². The number of benzene rings is 1. The van der Waals surface area contributed by atoms with Crippen LogP contribution in [-0.2, 0) is 9.47 Å². The molecule has 0 bridgehead atoms. The summed E-state index contributed by atoms with van der Waals surface area (Å²) in [6, 6.07) is 6.35. The fourth-order valence-corrected chi connectivity index (χ4v) is 2.55. The minimum atomic E-state index is -0.395. The summed E-state index contributed by atoms with van der Waals surface area (Å²) in [5.74, 6) is -0.790. The van der Waals surface area contributed by atoms with Gasteiger partial charge in [0, 0.05) is 0 Å². The molecule has 0 aromatic heterocycles. The highest BCUT2D eigenvalue weighted by atomic mass is 16.5. The van der Waals surface area contributed by atoms with Crippen LogP contribution in [0, 0.1) is 0 Å². The normalized spacial score (nSPS) is 11.2. The van der Waals surface area contributed by atoms with Gasteiger partial charge in [-0.25, -0.2) is 9.59 Å². The number of esters is 2. The van der Waals surface area contributed by atoms with Gasteiger partial charge < -0.3 is 9.47 Å². The van der Waals surface area contributed by atoms with Crippen molar-refractivity contribution in [1.29, 1.82) is 0 Å². The van der Waals surface area contributed by atoms with E-state index in [9.17, 15) is 9.59 Å². The summed E-state index contributed by atoms with van der Waals surface area (Å²) in [5, 5.41) is 0. The van der Waals surface area contributed by atoms with E-state index in [0.29, 0.717) is 11.1 Å². The van der Waals surface area contributed by atoms with Crippen molar-refractivity contribution in [2.24, 2.45) is 0 Å². The second-order valence-electron chi connectivity index (χ2n) is 6.71. The number of allylic oxidation sites excluding steroid dienone is 2. The number of unbranched alkanes of at least 4 members (excludes halogenated alkanes) is 6. The first-order valence-electron chi connectivity index (χ1n) is 10.4. The molecule has 0 unspecified atom stereocenters. The minimum absolute atomic E-state index is 0.263. The van der Waals surface area contributed by atoms with Crippen LogP contribution in [0.2, 0.25) is 0 Å². The SMILES string of the molecule is CCCCCC=CCOC(=O)c1ccc(C(=O)OCC=CCCCCC)cc1. The monoisotopic (exact) mass is 386 g/mol. The fraction of sp³-hybridized carbons (Fsp3) is 0.500. The third kappa shape index (κ3) is 10.7. The zero-order valence-electron chi connectivity index (χ0n) is 17.3. The lowest BCUT2D eigenvalue weighted by molar-refractivity contribution is 0.0535. The maximum absolute atomic E-state index is 12.0. The number of ether oxygens (including phenoxy) is 2. The van der Waals surface area contributed by atoms with Gasteiger partial charge in [0.05, 0.1) is 11.1 Å². The molecule has 0 aliphatic carbocycles. The van der Waals surface area contributed by atoms with Gasteiger partial charge in [-0.3, -0.25) is 0 Å². The summed E-state index contributed by atoms with van der Waals surface area (Å²) in [5.41, 5.74) is 0.846. The Balaban J connectivity index is 2.31. The summed E-state index contributed by atoms with van der Waals surface area (Å²) >= 11 is 0. The van der Waals surface area contributed by atoms with Crippen LogP contribution < -0.4 is 0 Å². The van der Waals surface area contributed by atoms with Gasteiger partial charge in [0.1, 0.15) is 13.2 Å². The molecule has 4 nitrogen and oxygen atoms in total. The van der Waals surface area contributed by atoms with E-state index in [1.807, 2.05) is 24.3 Å². The van der Waals surface area contributed by atoms with Crippen LogP contribution in [-0.4, -0.2) is 25.2 Å². The molecule has 1 rings (SSSR count). The summed E-state index contributed by atoms with van der Waals surface area (Å²) in [6.45, 7) is 4.87. The molecule has 1 aromatic rings. The van der Waals surface area contributed by atoms with Crippen molar-refractivity contribution in [2.45, 2.75) is 65.2 Å². The van der Waals surface area contributed by atoms with Crippen LogP contribution in [0.25, 0.3) is 0 Å². The molecule has 0 atom stereocenters. The molecule has 0 N–H and O–H groups in total. The molecule has 0 aliphatic heterocycles. The third-order valence-electron chi connectivity index (χ3n) is 4.26. The van der Waals surface area contributed by atoms with Crippen LogP contribution in [0.1, 0.15) is 85.9 Å². The van der Waals surface area contributed by atoms with Crippen LogP contribution in [0.15, 0.2) is 48.6 Å². The van der Waals surface area contributed by atoms with Gasteiger partial charge in [-0.2, -0.15) is 0 Å². The Morgan fingerprint density at radius 2 is 1.07 bits per heavy atom. The van der Waals surface area contributed by atoms with E-state index >= 15 is 0 Å². The topological polar surface area (TPSA) is 52.6 Å². The molecule has 0 radical (unpaired) electrons. The summed E-state index contributed by atoms with van der Waals surface area (Å²) in [7, 11) is 0. The van der Waals surface area contributed by atoms with E-state index in [4.69, 9.17) is 9.47 Å². The number of rotatable bonds is 14. The third-order valence-corrected chi connectivity index (χ3v) is 4.26. The molecule has 1 aromatic carbocycles. The first-order valence-corrected chi connectivity index (χ1v) is 10.4. The highest BCUT2D eigenvalue weighted by Gasteiger charge is 2.10. The molecule has 0 fully saturated rings. The zero-order chi connectivity index (χ0) is 20.5. The van der Waals surface area contributed by atoms with Gasteiger partial charge >= 0.3 is 11.9 Å². The number of carbonyl (C=O) groups is 2. The molecule has 4 heteroatoms. The van der Waals surface area contributed by atoms with E-state index in [-0.39, 0.29) is 13.2 Å². The van der Waals surface area contributed by atoms with Gasteiger partial charge in [-0.05, 0) is 49.9 Å². The molecule has 0 amide bonds. The molecule has 28 heavy (non-hydrogen) atoms. The number of hydrogen-bond acceptors (Lipinski definition) is 4. The van der Waals surface area contributed by atoms with E-state index in [0.717, 1.165) is 25.7 Å². The molecule has 0 saturated carbocycles. The van der Waals surface area contributed by atoms with Crippen LogP contribution in [0.5, 0.6) is 0 Å². The van der Waals surface area contributed by atoms with Gasteiger partial charge in [-0.1, -0.05) is 63.8 Å². The smallest absolute Gasteiger partial charge is 0.338 e. The quantitative estimate of drug-likeness (QED) is 0.215. The number of carbonyl (C=O) groups excluding carboxylic acids is 2. The highest BCUT2D eigenvalue weighted by Crippen LogP contribution is 2.08. The van der Waals surface area contributed by atoms with Gasteiger partial charge in [0.15, 0.2) is 0 Å². The largest absolute Gasteiger partial charge is 0.458 e. The molecule has 0 spiro atoms. The predicted octanol–water partition coefficient (Wildman–Crippen LogP) is 6.27. The average molecular weight is 387 g/mol. The zero-order valence-corrected chi connectivity index (χ0v) is 17.3. The fourth-order valence-electron chi connectivity index (χ4n) is 2.55. The second-order valence-corrected chi connectivity index (χ2v) is 6.71. The van der Waals surface area contributed by atoms with Crippen molar-refractivity contribution in [3.8, 4) is 0 Å². The van der Waals surface area contributed by atoms with Gasteiger partial charge in [-0.15, -0.1) is 0 Å². The van der Waals surface area contributed by atoms with Crippen LogP contribution in [0.3, 0.4) is 0 Å². The lowest BCUT2D eigenvalue weighted by Gasteiger charge is -2.04. The van der Waals surface area contributed by atoms with E-state index in [1.54, 1.807) is 24.3 Å². The Labute approximate surface area is 169 Å². The van der Waals surface area contributed by atoms with Crippen molar-refractivity contribution < 1.29 is 19.1 Å². The van der Waals surface area contributed by atoms with Crippen molar-refractivity contribution in [2.75, 3.05) is 13.2 Å². The highest BCUT2D eigenvalue weighted by molar-refractivity contribution is 5.93. The molecule has 154 valence electrons. The Hall–Kier alpha value is -2.36. The minimum Gasteiger partial charge on any atom is -0.458 e.